The smallest absolute Gasteiger partial charge is 0.159 e. The van der Waals surface area contributed by atoms with Crippen LogP contribution in [-0.2, 0) is 0 Å². The lowest BCUT2D eigenvalue weighted by Crippen LogP contribution is -1.96. The van der Waals surface area contributed by atoms with E-state index in [1.807, 2.05) is 0 Å². The molecule has 0 aliphatic rings. The molecule has 0 fully saturated rings. The molecule has 3 heteroatoms. The van der Waals surface area contributed by atoms with Crippen molar-refractivity contribution in [2.24, 2.45) is 0 Å². The van der Waals surface area contributed by atoms with Gasteiger partial charge in [0.25, 0.3) is 0 Å². The molecule has 12 aromatic rings. The van der Waals surface area contributed by atoms with Gasteiger partial charge in [-0.25, -0.2) is 0 Å². The van der Waals surface area contributed by atoms with Gasteiger partial charge in [-0.3, -0.25) is 0 Å². The van der Waals surface area contributed by atoms with Crippen LogP contribution in [-0.4, -0.2) is 9.13 Å². The zero-order chi connectivity index (χ0) is 37.5. The third-order valence-corrected chi connectivity index (χ3v) is 11.7. The van der Waals surface area contributed by atoms with Gasteiger partial charge in [-0.05, 0) is 76.3 Å². The van der Waals surface area contributed by atoms with Gasteiger partial charge in [-0.1, -0.05) is 158 Å². The van der Waals surface area contributed by atoms with Gasteiger partial charge in [0.1, 0.15) is 5.58 Å². The minimum atomic E-state index is 0.877. The molecule has 0 radical (unpaired) electrons. The highest BCUT2D eigenvalue weighted by Gasteiger charge is 2.20. The number of rotatable bonds is 5. The van der Waals surface area contributed by atoms with E-state index in [0.717, 1.165) is 55.5 Å². The maximum Gasteiger partial charge on any atom is 0.159 e. The summed E-state index contributed by atoms with van der Waals surface area (Å²) in [5.41, 5.74) is 15.6. The molecule has 0 unspecified atom stereocenters. The molecule has 9 aromatic carbocycles. The Hall–Kier alpha value is -7.62. The Morgan fingerprint density at radius 2 is 0.772 bits per heavy atom. The fourth-order valence-corrected chi connectivity index (χ4v) is 9.12. The quantitative estimate of drug-likeness (QED) is 0.173. The van der Waals surface area contributed by atoms with Gasteiger partial charge in [-0.15, -0.1) is 0 Å². The van der Waals surface area contributed by atoms with Crippen molar-refractivity contribution in [1.82, 2.24) is 9.13 Å². The van der Waals surface area contributed by atoms with E-state index in [1.165, 1.54) is 54.8 Å². The van der Waals surface area contributed by atoms with Crippen molar-refractivity contribution < 1.29 is 4.42 Å². The normalized spacial score (nSPS) is 11.9. The maximum absolute atomic E-state index is 7.06. The molecular formula is C54H34N2O. The van der Waals surface area contributed by atoms with Crippen molar-refractivity contribution in [1.29, 1.82) is 0 Å². The highest BCUT2D eigenvalue weighted by atomic mass is 16.3. The molecule has 0 N–H and O–H groups in total. The first-order chi connectivity index (χ1) is 28.3. The summed E-state index contributed by atoms with van der Waals surface area (Å²) in [5.74, 6) is 0. The molecule has 0 aliphatic heterocycles. The largest absolute Gasteiger partial charge is 0.453 e. The minimum Gasteiger partial charge on any atom is -0.453 e. The van der Waals surface area contributed by atoms with Crippen LogP contribution in [0.25, 0.3) is 110 Å². The fraction of sp³-hybridized carbons (Fsp3) is 0. The van der Waals surface area contributed by atoms with Gasteiger partial charge < -0.3 is 13.6 Å². The molecule has 0 saturated heterocycles. The third kappa shape index (κ3) is 4.86. The topological polar surface area (TPSA) is 23.0 Å². The lowest BCUT2D eigenvalue weighted by Gasteiger charge is -2.10. The molecule has 3 nitrogen and oxygen atoms in total. The van der Waals surface area contributed by atoms with Crippen LogP contribution in [0.3, 0.4) is 0 Å². The minimum absolute atomic E-state index is 0.877. The van der Waals surface area contributed by atoms with Gasteiger partial charge in [-0.2, -0.15) is 0 Å². The lowest BCUT2D eigenvalue weighted by atomic mass is 9.96. The molecule has 57 heavy (non-hydrogen) atoms. The first-order valence-electron chi connectivity index (χ1n) is 19.5. The second-order valence-electron chi connectivity index (χ2n) is 14.9. The Bertz CT molecular complexity index is 3460. The Morgan fingerprint density at radius 1 is 0.281 bits per heavy atom. The summed E-state index contributed by atoms with van der Waals surface area (Å²) in [7, 11) is 0. The van der Waals surface area contributed by atoms with Crippen molar-refractivity contribution in [2.45, 2.75) is 0 Å². The molecule has 0 aliphatic carbocycles. The lowest BCUT2D eigenvalue weighted by molar-refractivity contribution is 0.667. The van der Waals surface area contributed by atoms with E-state index in [9.17, 15) is 0 Å². The van der Waals surface area contributed by atoms with E-state index in [0.29, 0.717) is 0 Å². The third-order valence-electron chi connectivity index (χ3n) is 11.7. The van der Waals surface area contributed by atoms with Crippen molar-refractivity contribution in [3.63, 3.8) is 0 Å². The second-order valence-corrected chi connectivity index (χ2v) is 14.9. The van der Waals surface area contributed by atoms with Crippen LogP contribution in [0.5, 0.6) is 0 Å². The molecule has 12 rings (SSSR count). The predicted molar refractivity (Wildman–Crippen MR) is 239 cm³/mol. The molecule has 0 bridgehead atoms. The average Bonchev–Trinajstić information content (AvgIpc) is 3.95. The first-order valence-corrected chi connectivity index (χ1v) is 19.5. The van der Waals surface area contributed by atoms with Crippen LogP contribution >= 0.6 is 0 Å². The average molecular weight is 727 g/mol. The van der Waals surface area contributed by atoms with Crippen LogP contribution in [0.15, 0.2) is 211 Å². The highest BCUT2D eigenvalue weighted by molar-refractivity contribution is 6.15. The van der Waals surface area contributed by atoms with Gasteiger partial charge in [0.15, 0.2) is 5.58 Å². The zero-order valence-electron chi connectivity index (χ0n) is 30.9. The molecule has 0 atom stereocenters. The summed E-state index contributed by atoms with van der Waals surface area (Å²) in [6, 6.07) is 74.2. The number of hydrogen-bond acceptors (Lipinski definition) is 1. The van der Waals surface area contributed by atoms with Gasteiger partial charge in [0.2, 0.25) is 0 Å². The standard InChI is InChI=1S/C54H34N2O/c1-2-13-35(14-3-1)36-27-29-37(30-28-36)38-15-10-16-39(33-38)41-20-11-21-45-46-22-12-26-52(54(46)57-53(41)45)56-50-25-9-6-19-44(50)47-34-40(31-32-51(47)56)55-48-23-7-4-17-42(48)43-18-5-8-24-49(43)55/h1-34H. The summed E-state index contributed by atoms with van der Waals surface area (Å²) < 4.78 is 11.8. The van der Waals surface area contributed by atoms with Crippen LogP contribution in [0.1, 0.15) is 0 Å². The summed E-state index contributed by atoms with van der Waals surface area (Å²) in [6.07, 6.45) is 0. The van der Waals surface area contributed by atoms with Crippen LogP contribution in [0.2, 0.25) is 0 Å². The van der Waals surface area contributed by atoms with Crippen molar-refractivity contribution in [3.05, 3.63) is 206 Å². The molecule has 3 heterocycles. The Labute approximate surface area is 328 Å². The number of aromatic nitrogens is 2. The van der Waals surface area contributed by atoms with Gasteiger partial charge >= 0.3 is 0 Å². The van der Waals surface area contributed by atoms with Crippen LogP contribution < -0.4 is 0 Å². The van der Waals surface area contributed by atoms with E-state index < -0.39 is 0 Å². The number of benzene rings is 9. The Morgan fingerprint density at radius 3 is 1.49 bits per heavy atom. The highest BCUT2D eigenvalue weighted by Crippen LogP contribution is 2.42. The molecule has 0 amide bonds. The van der Waals surface area contributed by atoms with E-state index in [4.69, 9.17) is 4.42 Å². The Balaban J connectivity index is 1.01. The molecule has 266 valence electrons. The van der Waals surface area contributed by atoms with Gasteiger partial charge in [0, 0.05) is 43.6 Å². The predicted octanol–water partition coefficient (Wildman–Crippen LogP) is 14.8. The zero-order valence-corrected chi connectivity index (χ0v) is 30.9. The number of hydrogen-bond donors (Lipinski definition) is 0. The SMILES string of the molecule is c1ccc(-c2ccc(-c3cccc(-c4cccc5c4oc4c(-n6c7ccccc7c7cc(-n8c9ccccc9c9ccccc98)ccc76)cccc45)c3)cc2)cc1. The summed E-state index contributed by atoms with van der Waals surface area (Å²) in [5, 5.41) is 7.14. The monoisotopic (exact) mass is 726 g/mol. The van der Waals surface area contributed by atoms with Crippen molar-refractivity contribution in [3.8, 4) is 44.8 Å². The molecule has 3 aromatic heterocycles. The van der Waals surface area contributed by atoms with Crippen LogP contribution in [0.4, 0.5) is 0 Å². The summed E-state index contributed by atoms with van der Waals surface area (Å²) in [6.45, 7) is 0. The summed E-state index contributed by atoms with van der Waals surface area (Å²) in [4.78, 5) is 0. The number of para-hydroxylation sites is 5. The maximum atomic E-state index is 7.06. The molecule has 0 spiro atoms. The number of furan rings is 1. The van der Waals surface area contributed by atoms with E-state index in [-0.39, 0.29) is 0 Å². The Kier molecular flexibility index (Phi) is 6.93. The number of nitrogens with zero attached hydrogens (tertiary/aromatic N) is 2. The van der Waals surface area contributed by atoms with E-state index in [2.05, 4.69) is 215 Å². The molecular weight excluding hydrogens is 693 g/mol. The fourth-order valence-electron chi connectivity index (χ4n) is 9.12. The van der Waals surface area contributed by atoms with Crippen molar-refractivity contribution in [2.75, 3.05) is 0 Å². The van der Waals surface area contributed by atoms with Crippen molar-refractivity contribution >= 4 is 65.6 Å². The first kappa shape index (κ1) is 31.7. The van der Waals surface area contributed by atoms with Gasteiger partial charge in [0.05, 0.1) is 27.8 Å². The van der Waals surface area contributed by atoms with E-state index >= 15 is 0 Å². The second kappa shape index (κ2) is 12.5. The van der Waals surface area contributed by atoms with E-state index in [1.54, 1.807) is 0 Å². The summed E-state index contributed by atoms with van der Waals surface area (Å²) >= 11 is 0. The van der Waals surface area contributed by atoms with Crippen LogP contribution in [0, 0.1) is 0 Å². The molecule has 0 saturated carbocycles. The number of fused-ring (bicyclic) bond motifs is 9.